The summed E-state index contributed by atoms with van der Waals surface area (Å²) < 4.78 is 13.6. The molecule has 0 aliphatic heterocycles. The third-order valence-corrected chi connectivity index (χ3v) is 2.18. The first-order valence-corrected chi connectivity index (χ1v) is 5.82. The molecular formula is C11H18FN5O. The van der Waals surface area contributed by atoms with E-state index in [9.17, 15) is 9.18 Å². The third-order valence-electron chi connectivity index (χ3n) is 2.18. The zero-order valence-electron chi connectivity index (χ0n) is 10.8. The minimum atomic E-state index is -0.552. The lowest BCUT2D eigenvalue weighted by molar-refractivity contribution is -0.119. The van der Waals surface area contributed by atoms with Crippen molar-refractivity contribution in [3.63, 3.8) is 0 Å². The van der Waals surface area contributed by atoms with Crippen molar-refractivity contribution in [1.29, 1.82) is 0 Å². The topological polar surface area (TPSA) is 70.2 Å². The number of amides is 1. The Bertz CT molecular complexity index is 412. The number of aromatic nitrogens is 2. The van der Waals surface area contributed by atoms with Crippen molar-refractivity contribution in [2.45, 2.75) is 13.8 Å². The van der Waals surface area contributed by atoms with Gasteiger partial charge in [0.05, 0.1) is 12.7 Å². The van der Waals surface area contributed by atoms with Crippen molar-refractivity contribution >= 4 is 17.7 Å². The van der Waals surface area contributed by atoms with Gasteiger partial charge in [-0.05, 0) is 13.8 Å². The lowest BCUT2D eigenvalue weighted by atomic mass is 10.4. The van der Waals surface area contributed by atoms with Crippen LogP contribution < -0.4 is 15.5 Å². The number of carbonyl (C=O) groups is 1. The molecule has 0 fully saturated rings. The number of rotatable bonds is 6. The van der Waals surface area contributed by atoms with E-state index in [1.165, 1.54) is 4.90 Å². The Morgan fingerprint density at radius 2 is 2.17 bits per heavy atom. The Hall–Kier alpha value is -1.92. The van der Waals surface area contributed by atoms with Crippen LogP contribution >= 0.6 is 0 Å². The first-order valence-electron chi connectivity index (χ1n) is 5.82. The van der Waals surface area contributed by atoms with E-state index in [1.54, 1.807) is 7.05 Å². The van der Waals surface area contributed by atoms with Gasteiger partial charge in [0.15, 0.2) is 11.6 Å². The van der Waals surface area contributed by atoms with Gasteiger partial charge in [0.25, 0.3) is 0 Å². The molecule has 0 aliphatic carbocycles. The van der Waals surface area contributed by atoms with Crippen molar-refractivity contribution in [1.82, 2.24) is 15.3 Å². The summed E-state index contributed by atoms with van der Waals surface area (Å²) in [4.78, 5) is 20.7. The molecule has 0 bridgehead atoms. The molecular weight excluding hydrogens is 237 g/mol. The molecule has 18 heavy (non-hydrogen) atoms. The highest BCUT2D eigenvalue weighted by Crippen LogP contribution is 2.15. The zero-order chi connectivity index (χ0) is 13.5. The molecule has 0 aromatic carbocycles. The molecule has 0 unspecified atom stereocenters. The highest BCUT2D eigenvalue weighted by atomic mass is 19.1. The van der Waals surface area contributed by atoms with Crippen molar-refractivity contribution in [2.24, 2.45) is 0 Å². The number of nitrogens with zero attached hydrogens (tertiary/aromatic N) is 3. The second-order valence-corrected chi connectivity index (χ2v) is 3.71. The van der Waals surface area contributed by atoms with E-state index in [1.807, 2.05) is 13.8 Å². The molecule has 0 radical (unpaired) electrons. The van der Waals surface area contributed by atoms with Gasteiger partial charge in [-0.25, -0.2) is 9.37 Å². The number of halogens is 1. The molecule has 1 rings (SSSR count). The van der Waals surface area contributed by atoms with E-state index >= 15 is 0 Å². The fourth-order valence-corrected chi connectivity index (χ4v) is 1.41. The zero-order valence-corrected chi connectivity index (χ0v) is 10.8. The van der Waals surface area contributed by atoms with Crippen LogP contribution in [-0.4, -0.2) is 42.6 Å². The molecule has 1 heterocycles. The molecule has 1 aromatic rings. The van der Waals surface area contributed by atoms with Crippen molar-refractivity contribution in [2.75, 3.05) is 36.9 Å². The minimum absolute atomic E-state index is 0.0489. The average Bonchev–Trinajstić information content (AvgIpc) is 2.32. The van der Waals surface area contributed by atoms with E-state index < -0.39 is 5.82 Å². The van der Waals surface area contributed by atoms with Gasteiger partial charge in [-0.15, -0.1) is 0 Å². The van der Waals surface area contributed by atoms with E-state index in [-0.39, 0.29) is 18.3 Å². The number of likely N-dealkylation sites (N-methyl/N-ethyl adjacent to an activating group) is 2. The molecule has 0 spiro atoms. The van der Waals surface area contributed by atoms with Gasteiger partial charge in [-0.2, -0.15) is 4.98 Å². The number of nitrogens with one attached hydrogen (secondary N) is 2. The Kier molecular flexibility index (Phi) is 5.29. The van der Waals surface area contributed by atoms with Crippen molar-refractivity contribution in [3.05, 3.63) is 12.0 Å². The maximum absolute atomic E-state index is 13.6. The van der Waals surface area contributed by atoms with Gasteiger partial charge in [-0.1, -0.05) is 0 Å². The molecule has 1 aromatic heterocycles. The Labute approximate surface area is 106 Å². The maximum atomic E-state index is 13.6. The highest BCUT2D eigenvalue weighted by molar-refractivity contribution is 5.80. The first-order chi connectivity index (χ1) is 8.58. The monoisotopic (exact) mass is 255 g/mol. The van der Waals surface area contributed by atoms with Crippen LogP contribution in [-0.2, 0) is 4.79 Å². The predicted molar refractivity (Wildman–Crippen MR) is 68.1 cm³/mol. The van der Waals surface area contributed by atoms with Crippen LogP contribution in [0.5, 0.6) is 0 Å². The van der Waals surface area contributed by atoms with E-state index in [0.717, 1.165) is 6.20 Å². The van der Waals surface area contributed by atoms with Gasteiger partial charge in [-0.3, -0.25) is 4.79 Å². The number of hydrogen-bond acceptors (Lipinski definition) is 5. The average molecular weight is 255 g/mol. The van der Waals surface area contributed by atoms with Gasteiger partial charge in [0, 0.05) is 20.1 Å². The highest BCUT2D eigenvalue weighted by Gasteiger charge is 2.14. The Balaban J connectivity index is 2.80. The quantitative estimate of drug-likeness (QED) is 0.780. The number of hydrogen-bond donors (Lipinski definition) is 2. The molecule has 0 saturated carbocycles. The molecule has 0 atom stereocenters. The summed E-state index contributed by atoms with van der Waals surface area (Å²) in [5, 5.41) is 5.54. The van der Waals surface area contributed by atoms with Crippen LogP contribution in [0.3, 0.4) is 0 Å². The minimum Gasteiger partial charge on any atom is -0.355 e. The molecule has 1 amide bonds. The van der Waals surface area contributed by atoms with Crippen LogP contribution in [0, 0.1) is 5.82 Å². The fraction of sp³-hybridized carbons (Fsp3) is 0.545. The summed E-state index contributed by atoms with van der Waals surface area (Å²) in [5.41, 5.74) is 0. The lowest BCUT2D eigenvalue weighted by Gasteiger charge is -2.18. The standard InChI is InChI=1S/C11H18FN5O/c1-4-13-9(18)7-17(3)10-8(12)6-15-11(16-10)14-5-2/h6H,4-5,7H2,1-3H3,(H,13,18)(H,14,15,16). The Morgan fingerprint density at radius 3 is 2.78 bits per heavy atom. The molecule has 7 heteroatoms. The second kappa shape index (κ2) is 6.73. The van der Waals surface area contributed by atoms with Crippen LogP contribution in [0.25, 0.3) is 0 Å². The van der Waals surface area contributed by atoms with Gasteiger partial charge in [0.1, 0.15) is 0 Å². The Morgan fingerprint density at radius 1 is 1.44 bits per heavy atom. The van der Waals surface area contributed by atoms with Gasteiger partial charge >= 0.3 is 0 Å². The smallest absolute Gasteiger partial charge is 0.239 e. The SMILES string of the molecule is CCNC(=O)CN(C)c1nc(NCC)ncc1F. The molecule has 100 valence electrons. The second-order valence-electron chi connectivity index (χ2n) is 3.71. The summed E-state index contributed by atoms with van der Waals surface area (Å²) in [6.07, 6.45) is 1.09. The fourth-order valence-electron chi connectivity index (χ4n) is 1.41. The lowest BCUT2D eigenvalue weighted by Crippen LogP contribution is -2.35. The summed E-state index contributed by atoms with van der Waals surface area (Å²) in [6, 6.07) is 0. The van der Waals surface area contributed by atoms with Crippen molar-refractivity contribution < 1.29 is 9.18 Å². The maximum Gasteiger partial charge on any atom is 0.239 e. The molecule has 0 aliphatic rings. The van der Waals surface area contributed by atoms with Crippen molar-refractivity contribution in [3.8, 4) is 0 Å². The van der Waals surface area contributed by atoms with Crippen LogP contribution in [0.4, 0.5) is 16.2 Å². The normalized spacial score (nSPS) is 10.0. The van der Waals surface area contributed by atoms with E-state index in [4.69, 9.17) is 0 Å². The van der Waals surface area contributed by atoms with Gasteiger partial charge in [0.2, 0.25) is 11.9 Å². The summed E-state index contributed by atoms with van der Waals surface area (Å²) in [5.74, 6) is -0.282. The van der Waals surface area contributed by atoms with E-state index in [2.05, 4.69) is 20.6 Å². The third kappa shape index (κ3) is 3.83. The largest absolute Gasteiger partial charge is 0.355 e. The summed E-state index contributed by atoms with van der Waals surface area (Å²) >= 11 is 0. The van der Waals surface area contributed by atoms with Crippen LogP contribution in [0.2, 0.25) is 0 Å². The molecule has 6 nitrogen and oxygen atoms in total. The van der Waals surface area contributed by atoms with Crippen LogP contribution in [0.15, 0.2) is 6.20 Å². The predicted octanol–water partition coefficient (Wildman–Crippen LogP) is 0.620. The number of carbonyl (C=O) groups excluding carboxylic acids is 1. The van der Waals surface area contributed by atoms with Gasteiger partial charge < -0.3 is 15.5 Å². The summed E-state index contributed by atoms with van der Waals surface area (Å²) in [6.45, 7) is 4.96. The van der Waals surface area contributed by atoms with E-state index in [0.29, 0.717) is 19.0 Å². The molecule has 2 N–H and O–H groups in total. The summed E-state index contributed by atoms with van der Waals surface area (Å²) in [7, 11) is 1.61. The molecule has 0 saturated heterocycles. The first kappa shape index (κ1) is 14.1. The number of anilines is 2. The van der Waals surface area contributed by atoms with Crippen LogP contribution in [0.1, 0.15) is 13.8 Å².